The summed E-state index contributed by atoms with van der Waals surface area (Å²) in [5.41, 5.74) is 1.17. The molecule has 4 nitrogen and oxygen atoms in total. The van der Waals surface area contributed by atoms with Crippen molar-refractivity contribution in [1.29, 1.82) is 0 Å². The number of rotatable bonds is 5. The summed E-state index contributed by atoms with van der Waals surface area (Å²) in [5, 5.41) is 3.53. The number of hydrogen-bond acceptors (Lipinski definition) is 4. The molecule has 0 bridgehead atoms. The Labute approximate surface area is 115 Å². The Morgan fingerprint density at radius 3 is 2.95 bits per heavy atom. The second-order valence-corrected chi connectivity index (χ2v) is 4.95. The van der Waals surface area contributed by atoms with Crippen LogP contribution >= 0.6 is 0 Å². The maximum absolute atomic E-state index is 5.96. The molecule has 2 atom stereocenters. The van der Waals surface area contributed by atoms with E-state index in [9.17, 15) is 0 Å². The molecule has 0 spiro atoms. The van der Waals surface area contributed by atoms with Crippen molar-refractivity contribution < 1.29 is 9.47 Å². The van der Waals surface area contributed by atoms with E-state index in [4.69, 9.17) is 9.47 Å². The lowest BCUT2D eigenvalue weighted by Gasteiger charge is -2.36. The maximum atomic E-state index is 5.96. The maximum Gasteiger partial charge on any atom is 0.123 e. The first-order chi connectivity index (χ1) is 9.26. The summed E-state index contributed by atoms with van der Waals surface area (Å²) in [7, 11) is 3.86. The van der Waals surface area contributed by atoms with Crippen molar-refractivity contribution in [3.8, 4) is 5.75 Å². The molecule has 1 aromatic carbocycles. The monoisotopic (exact) mass is 264 g/mol. The minimum Gasteiger partial charge on any atom is -0.496 e. The van der Waals surface area contributed by atoms with Crippen molar-refractivity contribution >= 4 is 0 Å². The lowest BCUT2D eigenvalue weighted by molar-refractivity contribution is -0.0393. The van der Waals surface area contributed by atoms with E-state index in [-0.39, 0.29) is 12.1 Å². The van der Waals surface area contributed by atoms with Crippen LogP contribution in [0.4, 0.5) is 0 Å². The van der Waals surface area contributed by atoms with Gasteiger partial charge < -0.3 is 19.7 Å². The number of methoxy groups -OCH3 is 1. The highest BCUT2D eigenvalue weighted by Crippen LogP contribution is 2.29. The Kier molecular flexibility index (Phi) is 5.19. The fraction of sp³-hybridized carbons (Fsp3) is 0.600. The molecule has 1 saturated heterocycles. The highest BCUT2D eigenvalue weighted by atomic mass is 16.5. The quantitative estimate of drug-likeness (QED) is 0.877. The molecular formula is C15H24N2O2. The summed E-state index contributed by atoms with van der Waals surface area (Å²) < 4.78 is 11.4. The molecule has 106 valence electrons. The molecule has 2 rings (SSSR count). The third kappa shape index (κ3) is 3.47. The van der Waals surface area contributed by atoms with Crippen molar-refractivity contribution in [2.45, 2.75) is 19.1 Å². The Bertz CT molecular complexity index is 397. The van der Waals surface area contributed by atoms with E-state index in [0.717, 1.165) is 32.0 Å². The van der Waals surface area contributed by atoms with Crippen LogP contribution in [0.2, 0.25) is 0 Å². The number of likely N-dealkylation sites (N-methyl/N-ethyl adjacent to an activating group) is 2. The van der Waals surface area contributed by atoms with Gasteiger partial charge in [0.25, 0.3) is 0 Å². The van der Waals surface area contributed by atoms with Crippen LogP contribution in [-0.2, 0) is 4.74 Å². The van der Waals surface area contributed by atoms with Crippen molar-refractivity contribution in [3.63, 3.8) is 0 Å². The number of morpholine rings is 1. The molecule has 1 N–H and O–H groups in total. The number of nitrogens with zero attached hydrogens (tertiary/aromatic N) is 1. The van der Waals surface area contributed by atoms with E-state index in [1.54, 1.807) is 7.11 Å². The molecule has 0 saturated carbocycles. The fourth-order valence-electron chi connectivity index (χ4n) is 2.60. The number of nitrogens with one attached hydrogen (secondary N) is 1. The van der Waals surface area contributed by atoms with E-state index in [0.29, 0.717) is 0 Å². The van der Waals surface area contributed by atoms with Crippen molar-refractivity contribution in [2.24, 2.45) is 0 Å². The van der Waals surface area contributed by atoms with Crippen LogP contribution in [0.25, 0.3) is 0 Å². The third-order valence-electron chi connectivity index (χ3n) is 3.57. The van der Waals surface area contributed by atoms with Gasteiger partial charge in [0.05, 0.1) is 25.9 Å². The molecule has 1 aliphatic heterocycles. The smallest absolute Gasteiger partial charge is 0.123 e. The topological polar surface area (TPSA) is 33.7 Å². The lowest BCUT2D eigenvalue weighted by Crippen LogP contribution is -2.46. The molecule has 1 fully saturated rings. The highest BCUT2D eigenvalue weighted by Gasteiger charge is 2.29. The van der Waals surface area contributed by atoms with Gasteiger partial charge in [-0.25, -0.2) is 0 Å². The van der Waals surface area contributed by atoms with Gasteiger partial charge in [-0.3, -0.25) is 0 Å². The summed E-state index contributed by atoms with van der Waals surface area (Å²) in [4.78, 5) is 2.31. The molecule has 1 heterocycles. The SMILES string of the molecule is CCNC(c1ccccc1OC)C1CN(C)CCO1. The average molecular weight is 264 g/mol. The summed E-state index contributed by atoms with van der Waals surface area (Å²) in [6.07, 6.45) is 0.162. The van der Waals surface area contributed by atoms with Crippen LogP contribution < -0.4 is 10.1 Å². The number of ether oxygens (including phenoxy) is 2. The summed E-state index contributed by atoms with van der Waals surface area (Å²) in [6.45, 7) is 5.76. The zero-order chi connectivity index (χ0) is 13.7. The zero-order valence-electron chi connectivity index (χ0n) is 12.1. The Morgan fingerprint density at radius 1 is 1.47 bits per heavy atom. The molecule has 0 amide bonds. The van der Waals surface area contributed by atoms with Gasteiger partial charge in [0, 0.05) is 18.7 Å². The van der Waals surface area contributed by atoms with Crippen LogP contribution in [0.1, 0.15) is 18.5 Å². The van der Waals surface area contributed by atoms with Gasteiger partial charge >= 0.3 is 0 Å². The average Bonchev–Trinajstić information content (AvgIpc) is 2.45. The molecule has 0 radical (unpaired) electrons. The van der Waals surface area contributed by atoms with Crippen LogP contribution in [0, 0.1) is 0 Å². The molecular weight excluding hydrogens is 240 g/mol. The zero-order valence-corrected chi connectivity index (χ0v) is 12.1. The third-order valence-corrected chi connectivity index (χ3v) is 3.57. The molecule has 0 aliphatic carbocycles. The first kappa shape index (κ1) is 14.3. The van der Waals surface area contributed by atoms with E-state index in [1.165, 1.54) is 5.56 Å². The lowest BCUT2D eigenvalue weighted by atomic mass is 9.99. The van der Waals surface area contributed by atoms with Gasteiger partial charge in [-0.1, -0.05) is 25.1 Å². The van der Waals surface area contributed by atoms with Gasteiger partial charge in [0.15, 0.2) is 0 Å². The molecule has 1 aliphatic rings. The van der Waals surface area contributed by atoms with Crippen LogP contribution in [0.15, 0.2) is 24.3 Å². The van der Waals surface area contributed by atoms with E-state index in [1.807, 2.05) is 12.1 Å². The Hall–Kier alpha value is -1.10. The predicted molar refractivity (Wildman–Crippen MR) is 76.6 cm³/mol. The van der Waals surface area contributed by atoms with Gasteiger partial charge in [0.1, 0.15) is 5.75 Å². The largest absolute Gasteiger partial charge is 0.496 e. The second kappa shape index (κ2) is 6.89. The second-order valence-electron chi connectivity index (χ2n) is 4.95. The van der Waals surface area contributed by atoms with E-state index in [2.05, 4.69) is 36.3 Å². The fourth-order valence-corrected chi connectivity index (χ4v) is 2.60. The summed E-state index contributed by atoms with van der Waals surface area (Å²) in [6, 6.07) is 8.34. The first-order valence-electron chi connectivity index (χ1n) is 6.92. The number of benzene rings is 1. The van der Waals surface area contributed by atoms with Crippen LogP contribution in [0.5, 0.6) is 5.75 Å². The van der Waals surface area contributed by atoms with Gasteiger partial charge in [-0.15, -0.1) is 0 Å². The molecule has 2 unspecified atom stereocenters. The predicted octanol–water partition coefficient (Wildman–Crippen LogP) is 1.68. The van der Waals surface area contributed by atoms with Gasteiger partial charge in [-0.05, 0) is 19.7 Å². The van der Waals surface area contributed by atoms with E-state index < -0.39 is 0 Å². The van der Waals surface area contributed by atoms with Crippen molar-refractivity contribution in [3.05, 3.63) is 29.8 Å². The Morgan fingerprint density at radius 2 is 2.26 bits per heavy atom. The molecule has 1 aromatic rings. The number of hydrogen-bond donors (Lipinski definition) is 1. The number of para-hydroxylation sites is 1. The first-order valence-corrected chi connectivity index (χ1v) is 6.92. The normalized spacial score (nSPS) is 22.2. The van der Waals surface area contributed by atoms with E-state index >= 15 is 0 Å². The van der Waals surface area contributed by atoms with Gasteiger partial charge in [-0.2, -0.15) is 0 Å². The minimum atomic E-state index is 0.162. The van der Waals surface area contributed by atoms with Crippen LogP contribution in [0.3, 0.4) is 0 Å². The molecule has 0 aromatic heterocycles. The van der Waals surface area contributed by atoms with Gasteiger partial charge in [0.2, 0.25) is 0 Å². The minimum absolute atomic E-state index is 0.162. The van der Waals surface area contributed by atoms with Crippen LogP contribution in [-0.4, -0.2) is 51.4 Å². The molecule has 19 heavy (non-hydrogen) atoms. The molecule has 4 heteroatoms. The standard InChI is InChI=1S/C15H24N2O2/c1-4-16-15(14-11-17(2)9-10-19-14)12-7-5-6-8-13(12)18-3/h5-8,14-16H,4,9-11H2,1-3H3. The highest BCUT2D eigenvalue weighted by molar-refractivity contribution is 5.36. The van der Waals surface area contributed by atoms with Crippen molar-refractivity contribution in [2.75, 3.05) is 40.4 Å². The summed E-state index contributed by atoms with van der Waals surface area (Å²) >= 11 is 0. The Balaban J connectivity index is 2.23. The van der Waals surface area contributed by atoms with Crippen molar-refractivity contribution in [1.82, 2.24) is 10.2 Å². The summed E-state index contributed by atoms with van der Waals surface area (Å²) in [5.74, 6) is 0.922.